The van der Waals surface area contributed by atoms with E-state index < -0.39 is 27.3 Å². The molecular formula is C14H20FNO3S. The second kappa shape index (κ2) is 6.83. The van der Waals surface area contributed by atoms with Gasteiger partial charge in [0.25, 0.3) is 0 Å². The summed E-state index contributed by atoms with van der Waals surface area (Å²) in [5, 5.41) is 0. The first-order chi connectivity index (χ1) is 9.24. The van der Waals surface area contributed by atoms with Gasteiger partial charge in [-0.05, 0) is 19.4 Å². The first-order valence-electron chi connectivity index (χ1n) is 6.45. The number of benzene rings is 1. The number of carbonyl (C=O) groups is 1. The zero-order chi connectivity index (χ0) is 15.3. The van der Waals surface area contributed by atoms with Gasteiger partial charge in [0, 0.05) is 24.4 Å². The second-order valence-corrected chi connectivity index (χ2v) is 7.08. The third-order valence-corrected chi connectivity index (χ3v) is 3.90. The average Bonchev–Trinajstić information content (AvgIpc) is 2.34. The van der Waals surface area contributed by atoms with Crippen molar-refractivity contribution in [2.75, 3.05) is 12.0 Å². The predicted octanol–water partition coefficient (Wildman–Crippen LogP) is 2.00. The van der Waals surface area contributed by atoms with Crippen molar-refractivity contribution in [2.24, 2.45) is 0 Å². The highest BCUT2D eigenvalue weighted by Crippen LogP contribution is 2.14. The van der Waals surface area contributed by atoms with E-state index in [-0.39, 0.29) is 12.6 Å². The SMILES string of the molecule is CC[C@@H](C)N(Cc1ccccc1F)C(=O)CS(C)(=O)=O. The third kappa shape index (κ3) is 4.92. The summed E-state index contributed by atoms with van der Waals surface area (Å²) in [6.45, 7) is 3.80. The van der Waals surface area contributed by atoms with E-state index in [9.17, 15) is 17.6 Å². The van der Waals surface area contributed by atoms with Crippen LogP contribution in [-0.4, -0.2) is 37.3 Å². The lowest BCUT2D eigenvalue weighted by Crippen LogP contribution is -2.41. The minimum Gasteiger partial charge on any atom is -0.335 e. The monoisotopic (exact) mass is 301 g/mol. The van der Waals surface area contributed by atoms with Gasteiger partial charge in [-0.15, -0.1) is 0 Å². The highest BCUT2D eigenvalue weighted by Gasteiger charge is 2.23. The Balaban J connectivity index is 2.96. The van der Waals surface area contributed by atoms with Crippen LogP contribution in [0.25, 0.3) is 0 Å². The molecule has 1 aromatic rings. The zero-order valence-electron chi connectivity index (χ0n) is 12.0. The molecule has 0 aliphatic carbocycles. The molecule has 0 bridgehead atoms. The van der Waals surface area contributed by atoms with Gasteiger partial charge in [-0.3, -0.25) is 4.79 Å². The van der Waals surface area contributed by atoms with Crippen molar-refractivity contribution in [2.45, 2.75) is 32.9 Å². The number of amides is 1. The molecule has 112 valence electrons. The standard InChI is InChI=1S/C14H20FNO3S/c1-4-11(2)16(14(17)10-20(3,18)19)9-12-7-5-6-8-13(12)15/h5-8,11H,4,9-10H2,1-3H3/t11-/m1/s1. The van der Waals surface area contributed by atoms with Gasteiger partial charge in [0.2, 0.25) is 5.91 Å². The molecule has 0 aliphatic heterocycles. The van der Waals surface area contributed by atoms with Gasteiger partial charge in [0.1, 0.15) is 11.6 Å². The molecule has 1 rings (SSSR count). The van der Waals surface area contributed by atoms with Crippen LogP contribution < -0.4 is 0 Å². The van der Waals surface area contributed by atoms with Crippen molar-refractivity contribution >= 4 is 15.7 Å². The van der Waals surface area contributed by atoms with Crippen molar-refractivity contribution in [1.29, 1.82) is 0 Å². The first-order valence-corrected chi connectivity index (χ1v) is 8.51. The van der Waals surface area contributed by atoms with Crippen LogP contribution in [0.2, 0.25) is 0 Å². The maximum Gasteiger partial charge on any atom is 0.238 e. The first kappa shape index (κ1) is 16.6. The fraction of sp³-hybridized carbons (Fsp3) is 0.500. The maximum absolute atomic E-state index is 13.7. The zero-order valence-corrected chi connectivity index (χ0v) is 12.8. The highest BCUT2D eigenvalue weighted by molar-refractivity contribution is 7.91. The molecule has 4 nitrogen and oxygen atoms in total. The summed E-state index contributed by atoms with van der Waals surface area (Å²) in [6, 6.07) is 6.03. The van der Waals surface area contributed by atoms with Crippen molar-refractivity contribution in [1.82, 2.24) is 4.90 Å². The van der Waals surface area contributed by atoms with Crippen LogP contribution in [0.3, 0.4) is 0 Å². The van der Waals surface area contributed by atoms with Crippen molar-refractivity contribution in [3.05, 3.63) is 35.6 Å². The molecular weight excluding hydrogens is 281 g/mol. The van der Waals surface area contributed by atoms with Crippen molar-refractivity contribution < 1.29 is 17.6 Å². The number of sulfone groups is 1. The number of hydrogen-bond donors (Lipinski definition) is 0. The lowest BCUT2D eigenvalue weighted by atomic mass is 10.1. The minimum absolute atomic E-state index is 0.0794. The summed E-state index contributed by atoms with van der Waals surface area (Å²) in [5.74, 6) is -1.44. The van der Waals surface area contributed by atoms with Crippen LogP contribution in [0.1, 0.15) is 25.8 Å². The van der Waals surface area contributed by atoms with E-state index in [1.165, 1.54) is 11.0 Å². The molecule has 0 spiro atoms. The van der Waals surface area contributed by atoms with Gasteiger partial charge in [0.05, 0.1) is 0 Å². The molecule has 0 aliphatic rings. The van der Waals surface area contributed by atoms with Gasteiger partial charge >= 0.3 is 0 Å². The molecule has 0 saturated carbocycles. The van der Waals surface area contributed by atoms with Gasteiger partial charge in [-0.2, -0.15) is 0 Å². The number of hydrogen-bond acceptors (Lipinski definition) is 3. The number of halogens is 1. The van der Waals surface area contributed by atoms with E-state index in [0.29, 0.717) is 12.0 Å². The lowest BCUT2D eigenvalue weighted by Gasteiger charge is -2.28. The smallest absolute Gasteiger partial charge is 0.238 e. The summed E-state index contributed by atoms with van der Waals surface area (Å²) >= 11 is 0. The largest absolute Gasteiger partial charge is 0.335 e. The molecule has 20 heavy (non-hydrogen) atoms. The number of rotatable bonds is 6. The summed E-state index contributed by atoms with van der Waals surface area (Å²) in [5.41, 5.74) is 0.384. The van der Waals surface area contributed by atoms with Crippen molar-refractivity contribution in [3.63, 3.8) is 0 Å². The Labute approximate surface area is 119 Å². The Morgan fingerprint density at radius 1 is 1.35 bits per heavy atom. The summed E-state index contributed by atoms with van der Waals surface area (Å²) in [6.07, 6.45) is 1.69. The number of nitrogens with zero attached hydrogens (tertiary/aromatic N) is 1. The molecule has 0 N–H and O–H groups in total. The second-order valence-electron chi connectivity index (χ2n) is 4.94. The fourth-order valence-corrected chi connectivity index (χ4v) is 2.44. The Hall–Kier alpha value is -1.43. The van der Waals surface area contributed by atoms with Gasteiger partial charge in [-0.25, -0.2) is 12.8 Å². The van der Waals surface area contributed by atoms with Crippen LogP contribution in [-0.2, 0) is 21.2 Å². The van der Waals surface area contributed by atoms with Crippen molar-refractivity contribution in [3.8, 4) is 0 Å². The van der Waals surface area contributed by atoms with E-state index >= 15 is 0 Å². The van der Waals surface area contributed by atoms with Gasteiger partial charge in [-0.1, -0.05) is 25.1 Å². The molecule has 6 heteroatoms. The van der Waals surface area contributed by atoms with E-state index in [4.69, 9.17) is 0 Å². The number of carbonyl (C=O) groups excluding carboxylic acids is 1. The molecule has 0 saturated heterocycles. The predicted molar refractivity (Wildman–Crippen MR) is 76.4 cm³/mol. The van der Waals surface area contributed by atoms with Gasteiger partial charge in [0.15, 0.2) is 9.84 Å². The molecule has 0 aromatic heterocycles. The normalized spacial score (nSPS) is 13.0. The summed E-state index contributed by atoms with van der Waals surface area (Å²) < 4.78 is 36.2. The van der Waals surface area contributed by atoms with Crippen LogP contribution in [0.5, 0.6) is 0 Å². The van der Waals surface area contributed by atoms with Crippen LogP contribution in [0.4, 0.5) is 4.39 Å². The molecule has 1 aromatic carbocycles. The molecule has 0 unspecified atom stereocenters. The lowest BCUT2D eigenvalue weighted by molar-refractivity contribution is -0.131. The summed E-state index contributed by atoms with van der Waals surface area (Å²) in [7, 11) is -3.40. The Bertz CT molecular complexity index is 572. The molecule has 0 heterocycles. The van der Waals surface area contributed by atoms with Gasteiger partial charge < -0.3 is 4.90 Å². The van der Waals surface area contributed by atoms with E-state index in [1.54, 1.807) is 18.2 Å². The maximum atomic E-state index is 13.7. The Kier molecular flexibility index (Phi) is 5.68. The topological polar surface area (TPSA) is 54.5 Å². The van der Waals surface area contributed by atoms with E-state index in [0.717, 1.165) is 6.26 Å². The van der Waals surface area contributed by atoms with E-state index in [2.05, 4.69) is 0 Å². The average molecular weight is 301 g/mol. The van der Waals surface area contributed by atoms with Crippen LogP contribution in [0.15, 0.2) is 24.3 Å². The van der Waals surface area contributed by atoms with E-state index in [1.807, 2.05) is 13.8 Å². The highest BCUT2D eigenvalue weighted by atomic mass is 32.2. The molecule has 1 atom stereocenters. The quantitative estimate of drug-likeness (QED) is 0.807. The third-order valence-electron chi connectivity index (χ3n) is 3.13. The molecule has 1 amide bonds. The molecule has 0 radical (unpaired) electrons. The summed E-state index contributed by atoms with van der Waals surface area (Å²) in [4.78, 5) is 13.5. The fourth-order valence-electron chi connectivity index (χ4n) is 1.83. The van der Waals surface area contributed by atoms with Crippen LogP contribution in [0, 0.1) is 5.82 Å². The Morgan fingerprint density at radius 3 is 2.45 bits per heavy atom. The Morgan fingerprint density at radius 2 is 1.95 bits per heavy atom. The van der Waals surface area contributed by atoms with Crippen LogP contribution >= 0.6 is 0 Å². The molecule has 0 fully saturated rings. The minimum atomic E-state index is -3.40.